The first kappa shape index (κ1) is 16.4. The third-order valence-electron chi connectivity index (χ3n) is 5.40. The molecule has 4 N–H and O–H groups in total. The Bertz CT molecular complexity index is 1340. The van der Waals surface area contributed by atoms with Gasteiger partial charge in [-0.2, -0.15) is 0 Å². The second-order valence-electron chi connectivity index (χ2n) is 6.88. The van der Waals surface area contributed by atoms with Gasteiger partial charge in [0.1, 0.15) is 5.69 Å². The normalized spacial score (nSPS) is 11.5. The summed E-state index contributed by atoms with van der Waals surface area (Å²) in [6, 6.07) is 16.0. The molecule has 0 aliphatic carbocycles. The average molecular weight is 369 g/mol. The lowest BCUT2D eigenvalue weighted by Crippen LogP contribution is -1.99. The van der Waals surface area contributed by atoms with Gasteiger partial charge in [-0.05, 0) is 41.8 Å². The Hall–Kier alpha value is -3.73. The summed E-state index contributed by atoms with van der Waals surface area (Å²) in [4.78, 5) is 21.8. The van der Waals surface area contributed by atoms with Crippen LogP contribution in [-0.2, 0) is 6.42 Å². The molecule has 0 fully saturated rings. The Balaban J connectivity index is 1.87. The molecule has 0 saturated carbocycles. The van der Waals surface area contributed by atoms with E-state index >= 15 is 0 Å². The summed E-state index contributed by atoms with van der Waals surface area (Å²) in [6.45, 7) is 2.07. The van der Waals surface area contributed by atoms with Crippen molar-refractivity contribution in [1.29, 1.82) is 0 Å². The molecule has 5 heteroatoms. The van der Waals surface area contributed by atoms with Crippen molar-refractivity contribution in [2.24, 2.45) is 0 Å². The minimum Gasteiger partial charge on any atom is -0.477 e. The lowest BCUT2D eigenvalue weighted by Gasteiger charge is -2.09. The number of aromatic nitrogens is 3. The molecule has 5 rings (SSSR count). The van der Waals surface area contributed by atoms with Gasteiger partial charge in [-0.25, -0.2) is 4.79 Å². The average Bonchev–Trinajstić information content (AvgIpc) is 3.43. The van der Waals surface area contributed by atoms with Crippen molar-refractivity contribution in [3.05, 3.63) is 72.2 Å². The van der Waals surface area contributed by atoms with Crippen LogP contribution in [-0.4, -0.2) is 26.0 Å². The van der Waals surface area contributed by atoms with Gasteiger partial charge in [0.25, 0.3) is 0 Å². The third-order valence-corrected chi connectivity index (χ3v) is 5.40. The first-order valence-electron chi connectivity index (χ1n) is 9.30. The van der Waals surface area contributed by atoms with Crippen LogP contribution in [0.15, 0.2) is 60.9 Å². The van der Waals surface area contributed by atoms with E-state index in [1.807, 2.05) is 60.9 Å². The van der Waals surface area contributed by atoms with Crippen molar-refractivity contribution < 1.29 is 9.90 Å². The number of benzene rings is 2. The van der Waals surface area contributed by atoms with Crippen LogP contribution in [0.3, 0.4) is 0 Å². The van der Waals surface area contributed by atoms with Crippen LogP contribution < -0.4 is 0 Å². The van der Waals surface area contributed by atoms with Crippen molar-refractivity contribution in [2.75, 3.05) is 0 Å². The molecule has 0 saturated heterocycles. The monoisotopic (exact) mass is 369 g/mol. The van der Waals surface area contributed by atoms with E-state index in [2.05, 4.69) is 21.9 Å². The fraction of sp³-hybridized carbons (Fsp3) is 0.0870. The first-order chi connectivity index (χ1) is 13.7. The standard InChI is InChI=1S/C23H19N3O2/c1-2-13-20(16-5-3-7-18-14(16)9-11-24-18)22(23(27)28)26-21(13)17-6-4-8-19-15(17)10-12-25-19/h3-12,24-26H,2H2,1H3,(H,27,28). The van der Waals surface area contributed by atoms with Crippen molar-refractivity contribution in [2.45, 2.75) is 13.3 Å². The molecule has 0 radical (unpaired) electrons. The van der Waals surface area contributed by atoms with Crippen LogP contribution in [0, 0.1) is 0 Å². The minimum atomic E-state index is -0.954. The summed E-state index contributed by atoms with van der Waals surface area (Å²) >= 11 is 0. The molecule has 3 heterocycles. The molecule has 0 spiro atoms. The maximum absolute atomic E-state index is 12.2. The number of hydrogen-bond donors (Lipinski definition) is 4. The predicted octanol–water partition coefficient (Wildman–Crippen LogP) is 5.57. The fourth-order valence-corrected chi connectivity index (χ4v) is 4.19. The molecule has 5 aromatic rings. The van der Waals surface area contributed by atoms with E-state index in [1.165, 1.54) is 0 Å². The van der Waals surface area contributed by atoms with Crippen molar-refractivity contribution >= 4 is 27.8 Å². The highest BCUT2D eigenvalue weighted by Gasteiger charge is 2.25. The molecular weight excluding hydrogens is 350 g/mol. The number of carbonyl (C=O) groups is 1. The highest BCUT2D eigenvalue weighted by Crippen LogP contribution is 2.40. The van der Waals surface area contributed by atoms with Crippen LogP contribution in [0.4, 0.5) is 0 Å². The molecule has 0 aliphatic heterocycles. The van der Waals surface area contributed by atoms with Crippen LogP contribution >= 0.6 is 0 Å². The highest BCUT2D eigenvalue weighted by molar-refractivity contribution is 6.06. The molecule has 0 atom stereocenters. The molecule has 5 nitrogen and oxygen atoms in total. The Morgan fingerprint density at radius 2 is 1.50 bits per heavy atom. The summed E-state index contributed by atoms with van der Waals surface area (Å²) < 4.78 is 0. The third kappa shape index (κ3) is 2.29. The molecule has 0 amide bonds. The summed E-state index contributed by atoms with van der Waals surface area (Å²) in [7, 11) is 0. The summed E-state index contributed by atoms with van der Waals surface area (Å²) in [6.07, 6.45) is 4.51. The zero-order valence-electron chi connectivity index (χ0n) is 15.3. The van der Waals surface area contributed by atoms with E-state index in [4.69, 9.17) is 0 Å². The number of hydrogen-bond acceptors (Lipinski definition) is 1. The Kier molecular flexibility index (Phi) is 3.62. The number of carboxylic acid groups (broad SMARTS) is 1. The van der Waals surface area contributed by atoms with E-state index in [-0.39, 0.29) is 5.69 Å². The van der Waals surface area contributed by atoms with Crippen molar-refractivity contribution in [3.8, 4) is 22.4 Å². The molecule has 0 unspecified atom stereocenters. The second kappa shape index (κ2) is 6.16. The van der Waals surface area contributed by atoms with Gasteiger partial charge < -0.3 is 20.1 Å². The van der Waals surface area contributed by atoms with Gasteiger partial charge in [0.05, 0.1) is 5.69 Å². The van der Waals surface area contributed by atoms with Crippen LogP contribution in [0.5, 0.6) is 0 Å². The van der Waals surface area contributed by atoms with Crippen molar-refractivity contribution in [3.63, 3.8) is 0 Å². The maximum Gasteiger partial charge on any atom is 0.352 e. The summed E-state index contributed by atoms with van der Waals surface area (Å²) in [5.41, 5.74) is 6.83. The largest absolute Gasteiger partial charge is 0.477 e. The number of aromatic amines is 3. The quantitative estimate of drug-likeness (QED) is 0.334. The van der Waals surface area contributed by atoms with E-state index in [1.54, 1.807) is 0 Å². The maximum atomic E-state index is 12.2. The Morgan fingerprint density at radius 3 is 2.11 bits per heavy atom. The molecule has 2 aromatic carbocycles. The summed E-state index contributed by atoms with van der Waals surface area (Å²) in [5.74, 6) is -0.954. The zero-order chi connectivity index (χ0) is 19.3. The Labute approximate surface area is 161 Å². The molecule has 0 bridgehead atoms. The molecule has 28 heavy (non-hydrogen) atoms. The van der Waals surface area contributed by atoms with Gasteiger partial charge in [0, 0.05) is 45.3 Å². The fourth-order valence-electron chi connectivity index (χ4n) is 4.19. The zero-order valence-corrected chi connectivity index (χ0v) is 15.3. The van der Waals surface area contributed by atoms with Gasteiger partial charge in [-0.15, -0.1) is 0 Å². The highest BCUT2D eigenvalue weighted by atomic mass is 16.4. The van der Waals surface area contributed by atoms with Gasteiger partial charge in [-0.1, -0.05) is 31.2 Å². The lowest BCUT2D eigenvalue weighted by atomic mass is 9.93. The number of nitrogens with one attached hydrogen (secondary N) is 3. The van der Waals surface area contributed by atoms with E-state index in [0.29, 0.717) is 0 Å². The Morgan fingerprint density at radius 1 is 0.893 bits per heavy atom. The molecule has 138 valence electrons. The molecule has 0 aliphatic rings. The minimum absolute atomic E-state index is 0.230. The first-order valence-corrected chi connectivity index (χ1v) is 9.30. The van der Waals surface area contributed by atoms with E-state index < -0.39 is 5.97 Å². The van der Waals surface area contributed by atoms with Gasteiger partial charge in [0.2, 0.25) is 0 Å². The van der Waals surface area contributed by atoms with E-state index in [0.717, 1.165) is 56.2 Å². The van der Waals surface area contributed by atoms with E-state index in [9.17, 15) is 9.90 Å². The smallest absolute Gasteiger partial charge is 0.352 e. The number of fused-ring (bicyclic) bond motifs is 2. The number of H-pyrrole nitrogens is 3. The predicted molar refractivity (Wildman–Crippen MR) is 112 cm³/mol. The number of carboxylic acids is 1. The van der Waals surface area contributed by atoms with Gasteiger partial charge in [-0.3, -0.25) is 0 Å². The number of aromatic carboxylic acids is 1. The van der Waals surface area contributed by atoms with Gasteiger partial charge in [0.15, 0.2) is 0 Å². The summed E-state index contributed by atoms with van der Waals surface area (Å²) in [5, 5.41) is 12.0. The SMILES string of the molecule is CCc1c(-c2cccc3[nH]ccc23)[nH]c(C(=O)O)c1-c1cccc2[nH]ccc12. The molecular formula is C23H19N3O2. The van der Waals surface area contributed by atoms with Gasteiger partial charge >= 0.3 is 5.97 Å². The van der Waals surface area contributed by atoms with Crippen molar-refractivity contribution in [1.82, 2.24) is 15.0 Å². The van der Waals surface area contributed by atoms with Crippen LogP contribution in [0.25, 0.3) is 44.2 Å². The van der Waals surface area contributed by atoms with Crippen LogP contribution in [0.1, 0.15) is 23.0 Å². The lowest BCUT2D eigenvalue weighted by molar-refractivity contribution is 0.0692. The molecule has 3 aromatic heterocycles. The van der Waals surface area contributed by atoms with Crippen LogP contribution in [0.2, 0.25) is 0 Å². The number of rotatable bonds is 4. The second-order valence-corrected chi connectivity index (χ2v) is 6.88. The topological polar surface area (TPSA) is 84.7 Å².